The molecule has 0 amide bonds. The number of phenols is 1. The van der Waals surface area contributed by atoms with Crippen molar-refractivity contribution in [1.29, 1.82) is 0 Å². The molecular formula is C11H12O3. The van der Waals surface area contributed by atoms with Gasteiger partial charge in [0, 0.05) is 6.08 Å². The molecule has 0 spiro atoms. The zero-order valence-corrected chi connectivity index (χ0v) is 7.99. The first-order chi connectivity index (χ1) is 6.67. The Balaban J connectivity index is 2.94. The molecule has 0 saturated carbocycles. The highest BCUT2D eigenvalue weighted by atomic mass is 16.5. The Bertz CT molecular complexity index is 356. The molecule has 1 aromatic carbocycles. The number of hydrogen-bond acceptors (Lipinski definition) is 3. The van der Waals surface area contributed by atoms with E-state index in [2.05, 4.69) is 6.58 Å². The Morgan fingerprint density at radius 1 is 1.64 bits per heavy atom. The van der Waals surface area contributed by atoms with Crippen molar-refractivity contribution in [2.75, 3.05) is 0 Å². The Kier molecular flexibility index (Phi) is 3.29. The molecule has 74 valence electrons. The molecule has 0 saturated heterocycles. The molecule has 3 nitrogen and oxygen atoms in total. The topological polar surface area (TPSA) is 46.5 Å². The highest BCUT2D eigenvalue weighted by molar-refractivity contribution is 5.83. The van der Waals surface area contributed by atoms with Crippen LogP contribution in [0.4, 0.5) is 0 Å². The van der Waals surface area contributed by atoms with Crippen molar-refractivity contribution >= 4 is 5.97 Å². The van der Waals surface area contributed by atoms with E-state index in [9.17, 15) is 9.90 Å². The predicted octanol–water partition coefficient (Wildman–Crippen LogP) is 2.05. The summed E-state index contributed by atoms with van der Waals surface area (Å²) in [6.07, 6.45) is 1.87. The molecule has 1 N–H and O–H groups in total. The number of carbonyl (C=O) groups is 1. The first kappa shape index (κ1) is 10.3. The van der Waals surface area contributed by atoms with Crippen molar-refractivity contribution in [2.24, 2.45) is 0 Å². The molecule has 1 rings (SSSR count). The van der Waals surface area contributed by atoms with Crippen LogP contribution in [0.3, 0.4) is 0 Å². The molecule has 14 heavy (non-hydrogen) atoms. The van der Waals surface area contributed by atoms with Crippen LogP contribution in [-0.2, 0) is 11.2 Å². The number of esters is 1. The quantitative estimate of drug-likeness (QED) is 0.453. The van der Waals surface area contributed by atoms with Crippen LogP contribution >= 0.6 is 0 Å². The van der Waals surface area contributed by atoms with Gasteiger partial charge >= 0.3 is 5.97 Å². The zero-order chi connectivity index (χ0) is 10.6. The molecule has 0 heterocycles. The van der Waals surface area contributed by atoms with E-state index < -0.39 is 5.97 Å². The van der Waals surface area contributed by atoms with Crippen LogP contribution in [-0.4, -0.2) is 11.1 Å². The summed E-state index contributed by atoms with van der Waals surface area (Å²) in [5, 5.41) is 9.36. The van der Waals surface area contributed by atoms with Gasteiger partial charge in [-0.3, -0.25) is 0 Å². The van der Waals surface area contributed by atoms with Gasteiger partial charge < -0.3 is 9.84 Å². The average Bonchev–Trinajstić information content (AvgIpc) is 2.21. The number of aromatic hydroxyl groups is 1. The lowest BCUT2D eigenvalue weighted by molar-refractivity contribution is -0.129. The Labute approximate surface area is 82.6 Å². The molecule has 0 atom stereocenters. The van der Waals surface area contributed by atoms with Crippen LogP contribution in [0.25, 0.3) is 0 Å². The lowest BCUT2D eigenvalue weighted by atomic mass is 10.1. The van der Waals surface area contributed by atoms with Gasteiger partial charge in [-0.15, -0.1) is 0 Å². The number of ether oxygens (including phenoxy) is 1. The van der Waals surface area contributed by atoms with E-state index in [1.807, 2.05) is 6.92 Å². The summed E-state index contributed by atoms with van der Waals surface area (Å²) in [5.74, 6) is -0.444. The fourth-order valence-corrected chi connectivity index (χ4v) is 1.01. The van der Waals surface area contributed by atoms with Crippen molar-refractivity contribution in [3.63, 3.8) is 0 Å². The fourth-order valence-electron chi connectivity index (χ4n) is 1.01. The van der Waals surface area contributed by atoms with Gasteiger partial charge in [-0.25, -0.2) is 4.79 Å². The molecule has 0 fully saturated rings. The van der Waals surface area contributed by atoms with Gasteiger partial charge in [-0.2, -0.15) is 0 Å². The predicted molar refractivity (Wildman–Crippen MR) is 53.3 cm³/mol. The Morgan fingerprint density at radius 3 is 2.93 bits per heavy atom. The summed E-state index contributed by atoms with van der Waals surface area (Å²) < 4.78 is 4.83. The molecular weight excluding hydrogens is 180 g/mol. The van der Waals surface area contributed by atoms with Crippen molar-refractivity contribution in [1.82, 2.24) is 0 Å². The Hall–Kier alpha value is -1.77. The highest BCUT2D eigenvalue weighted by Gasteiger charge is 2.06. The summed E-state index contributed by atoms with van der Waals surface area (Å²) in [4.78, 5) is 10.9. The number of aryl methyl sites for hydroxylation is 1. The normalized spacial score (nSPS) is 9.50. The van der Waals surface area contributed by atoms with E-state index >= 15 is 0 Å². The first-order valence-corrected chi connectivity index (χ1v) is 4.33. The summed E-state index contributed by atoms with van der Waals surface area (Å²) in [6.45, 7) is 5.25. The van der Waals surface area contributed by atoms with E-state index in [1.54, 1.807) is 12.1 Å². The van der Waals surface area contributed by atoms with Crippen LogP contribution in [0, 0.1) is 0 Å². The number of carbonyl (C=O) groups excluding carboxylic acids is 1. The number of phenolic OH excluding ortho intramolecular Hbond substituents is 1. The fraction of sp³-hybridized carbons (Fsp3) is 0.182. The van der Waals surface area contributed by atoms with Crippen molar-refractivity contribution in [3.05, 3.63) is 36.4 Å². The van der Waals surface area contributed by atoms with Gasteiger partial charge in [0.05, 0.1) is 0 Å². The second kappa shape index (κ2) is 4.46. The monoisotopic (exact) mass is 192 g/mol. The maximum absolute atomic E-state index is 10.9. The molecule has 0 aliphatic rings. The molecule has 1 aromatic rings. The van der Waals surface area contributed by atoms with Crippen LogP contribution < -0.4 is 4.74 Å². The van der Waals surface area contributed by atoms with Crippen LogP contribution in [0.1, 0.15) is 12.5 Å². The molecule has 0 aliphatic carbocycles. The van der Waals surface area contributed by atoms with Gasteiger partial charge in [0.1, 0.15) is 0 Å². The minimum Gasteiger partial charge on any atom is -0.504 e. The average molecular weight is 192 g/mol. The van der Waals surface area contributed by atoms with Crippen molar-refractivity contribution in [2.45, 2.75) is 13.3 Å². The van der Waals surface area contributed by atoms with E-state index in [4.69, 9.17) is 4.74 Å². The minimum atomic E-state index is -0.575. The number of hydrogen-bond donors (Lipinski definition) is 1. The van der Waals surface area contributed by atoms with E-state index in [0.717, 1.165) is 18.1 Å². The molecule has 3 heteroatoms. The van der Waals surface area contributed by atoms with Crippen LogP contribution in [0.15, 0.2) is 30.9 Å². The SMILES string of the molecule is C=CC(=O)Oc1cc(CC)ccc1O. The summed E-state index contributed by atoms with van der Waals surface area (Å²) in [7, 11) is 0. The second-order valence-corrected chi connectivity index (χ2v) is 2.78. The molecule has 0 aromatic heterocycles. The van der Waals surface area contributed by atoms with Crippen molar-refractivity contribution in [3.8, 4) is 11.5 Å². The van der Waals surface area contributed by atoms with E-state index in [-0.39, 0.29) is 11.5 Å². The standard InChI is InChI=1S/C11H12O3/c1-3-8-5-6-9(12)10(7-8)14-11(13)4-2/h4-7,12H,2-3H2,1H3. The lowest BCUT2D eigenvalue weighted by Gasteiger charge is -2.05. The summed E-state index contributed by atoms with van der Waals surface area (Å²) >= 11 is 0. The second-order valence-electron chi connectivity index (χ2n) is 2.78. The molecule has 0 radical (unpaired) electrons. The maximum atomic E-state index is 10.9. The molecule has 0 unspecified atom stereocenters. The maximum Gasteiger partial charge on any atom is 0.335 e. The molecule has 0 aliphatic heterocycles. The largest absolute Gasteiger partial charge is 0.504 e. The van der Waals surface area contributed by atoms with Gasteiger partial charge in [-0.1, -0.05) is 19.6 Å². The zero-order valence-electron chi connectivity index (χ0n) is 7.99. The number of benzene rings is 1. The first-order valence-electron chi connectivity index (χ1n) is 4.33. The summed E-state index contributed by atoms with van der Waals surface area (Å²) in [6, 6.07) is 4.92. The number of rotatable bonds is 3. The van der Waals surface area contributed by atoms with E-state index in [0.29, 0.717) is 0 Å². The third-order valence-corrected chi connectivity index (χ3v) is 1.81. The summed E-state index contributed by atoms with van der Waals surface area (Å²) in [5.41, 5.74) is 0.995. The third-order valence-electron chi connectivity index (χ3n) is 1.81. The smallest absolute Gasteiger partial charge is 0.335 e. The minimum absolute atomic E-state index is 0.0441. The highest BCUT2D eigenvalue weighted by Crippen LogP contribution is 2.27. The van der Waals surface area contributed by atoms with Crippen LogP contribution in [0.5, 0.6) is 11.5 Å². The van der Waals surface area contributed by atoms with E-state index in [1.165, 1.54) is 6.07 Å². The molecule has 0 bridgehead atoms. The van der Waals surface area contributed by atoms with Gasteiger partial charge in [0.15, 0.2) is 11.5 Å². The van der Waals surface area contributed by atoms with Crippen molar-refractivity contribution < 1.29 is 14.6 Å². The third kappa shape index (κ3) is 2.36. The van der Waals surface area contributed by atoms with Crippen LogP contribution in [0.2, 0.25) is 0 Å². The van der Waals surface area contributed by atoms with Gasteiger partial charge in [0.25, 0.3) is 0 Å². The van der Waals surface area contributed by atoms with Gasteiger partial charge in [0.2, 0.25) is 0 Å². The Morgan fingerprint density at radius 2 is 2.36 bits per heavy atom. The lowest BCUT2D eigenvalue weighted by Crippen LogP contribution is -2.03. The van der Waals surface area contributed by atoms with Gasteiger partial charge in [-0.05, 0) is 24.1 Å².